The minimum absolute atomic E-state index is 0.306. The summed E-state index contributed by atoms with van der Waals surface area (Å²) >= 11 is 0. The van der Waals surface area contributed by atoms with E-state index in [1.165, 1.54) is 9.80 Å². The summed E-state index contributed by atoms with van der Waals surface area (Å²) in [5.41, 5.74) is 0. The Morgan fingerprint density at radius 2 is 1.50 bits per heavy atom. The van der Waals surface area contributed by atoms with Crippen LogP contribution in [-0.2, 0) is 0 Å². The molecule has 0 aliphatic carbocycles. The van der Waals surface area contributed by atoms with Crippen LogP contribution in [0.25, 0.3) is 0 Å². The van der Waals surface area contributed by atoms with Gasteiger partial charge < -0.3 is 10.2 Å². The van der Waals surface area contributed by atoms with Gasteiger partial charge in [0.25, 0.3) is 0 Å². The lowest BCUT2D eigenvalue weighted by Gasteiger charge is -2.16. The van der Waals surface area contributed by atoms with Gasteiger partial charge in [-0.1, -0.05) is 0 Å². The number of nitrogens with zero attached hydrogens (tertiary/aromatic N) is 2. The highest BCUT2D eigenvalue weighted by Crippen LogP contribution is 2.18. The monoisotopic (exact) mass is 174 g/mol. The van der Waals surface area contributed by atoms with E-state index in [0.717, 1.165) is 0 Å². The maximum atomic E-state index is 11.3. The lowest BCUT2D eigenvalue weighted by molar-refractivity contribution is -0.0639. The van der Waals surface area contributed by atoms with Crippen LogP contribution in [0.4, 0.5) is 4.79 Å². The van der Waals surface area contributed by atoms with Crippen molar-refractivity contribution < 1.29 is 15.0 Å². The second-order valence-corrected chi connectivity index (χ2v) is 2.68. The number of carbonyl (C=O) groups is 1. The van der Waals surface area contributed by atoms with Crippen LogP contribution in [0.15, 0.2) is 0 Å². The molecule has 1 aliphatic rings. The summed E-state index contributed by atoms with van der Waals surface area (Å²) in [5, 5.41) is 18.7. The average Bonchev–Trinajstić information content (AvgIpc) is 2.25. The molecule has 1 aliphatic heterocycles. The fourth-order valence-electron chi connectivity index (χ4n) is 1.36. The number of hydrogen-bond donors (Lipinski definition) is 2. The van der Waals surface area contributed by atoms with Crippen LogP contribution in [0.2, 0.25) is 0 Å². The van der Waals surface area contributed by atoms with Crippen molar-refractivity contribution in [2.24, 2.45) is 0 Å². The van der Waals surface area contributed by atoms with E-state index in [1.807, 2.05) is 0 Å². The fourth-order valence-corrected chi connectivity index (χ4v) is 1.36. The fraction of sp³-hybridized carbons (Fsp3) is 0.857. The van der Waals surface area contributed by atoms with E-state index in [0.29, 0.717) is 13.1 Å². The number of amides is 2. The summed E-state index contributed by atoms with van der Waals surface area (Å²) in [6.45, 7) is 4.33. The number of hydrogen-bond acceptors (Lipinski definition) is 3. The van der Waals surface area contributed by atoms with E-state index in [1.54, 1.807) is 13.8 Å². The normalized spacial score (nSPS) is 30.2. The van der Waals surface area contributed by atoms with E-state index >= 15 is 0 Å². The molecule has 1 heterocycles. The predicted octanol–water partition coefficient (Wildman–Crippen LogP) is -0.599. The van der Waals surface area contributed by atoms with Crippen LogP contribution in [-0.4, -0.2) is 51.6 Å². The molecule has 0 aromatic heterocycles. The van der Waals surface area contributed by atoms with Crippen molar-refractivity contribution >= 4 is 6.03 Å². The van der Waals surface area contributed by atoms with Gasteiger partial charge in [-0.15, -0.1) is 0 Å². The first-order valence-corrected chi connectivity index (χ1v) is 4.06. The van der Waals surface area contributed by atoms with Crippen molar-refractivity contribution in [2.75, 3.05) is 13.1 Å². The van der Waals surface area contributed by atoms with Gasteiger partial charge in [0.1, 0.15) is 0 Å². The molecule has 1 rings (SSSR count). The highest BCUT2D eigenvalue weighted by atomic mass is 16.4. The zero-order chi connectivity index (χ0) is 9.30. The Labute approximate surface area is 71.2 Å². The van der Waals surface area contributed by atoms with Crippen molar-refractivity contribution in [1.82, 2.24) is 9.80 Å². The van der Waals surface area contributed by atoms with Crippen LogP contribution in [0.3, 0.4) is 0 Å². The number of likely N-dealkylation sites (N-methyl/N-ethyl adjacent to an activating group) is 2. The molecule has 0 bridgehead atoms. The zero-order valence-corrected chi connectivity index (χ0v) is 7.27. The van der Waals surface area contributed by atoms with Crippen LogP contribution in [0.1, 0.15) is 13.8 Å². The van der Waals surface area contributed by atoms with Crippen LogP contribution in [0.5, 0.6) is 0 Å². The number of carbonyl (C=O) groups excluding carboxylic acids is 1. The van der Waals surface area contributed by atoms with Crippen molar-refractivity contribution in [3.63, 3.8) is 0 Å². The predicted molar refractivity (Wildman–Crippen MR) is 42.2 cm³/mol. The van der Waals surface area contributed by atoms with Gasteiger partial charge in [0.05, 0.1) is 0 Å². The quantitative estimate of drug-likeness (QED) is 0.587. The molecule has 2 atom stereocenters. The Hall–Kier alpha value is -0.810. The lowest BCUT2D eigenvalue weighted by Crippen LogP contribution is -2.36. The van der Waals surface area contributed by atoms with Gasteiger partial charge in [-0.05, 0) is 13.8 Å². The molecule has 1 saturated heterocycles. The SMILES string of the molecule is CCN1C(=O)N(CC)[C@@H](O)[C@@H]1O. The van der Waals surface area contributed by atoms with E-state index in [-0.39, 0.29) is 6.03 Å². The summed E-state index contributed by atoms with van der Waals surface area (Å²) in [7, 11) is 0. The first-order valence-electron chi connectivity index (χ1n) is 4.06. The molecule has 2 N–H and O–H groups in total. The highest BCUT2D eigenvalue weighted by Gasteiger charge is 2.41. The molecule has 0 spiro atoms. The standard InChI is InChI=1S/C7H14N2O3/c1-3-8-5(10)6(11)9(4-2)7(8)12/h5-6,10-11H,3-4H2,1-2H3/t5-,6-/m0/s1. The largest absolute Gasteiger partial charge is 0.369 e. The van der Waals surface area contributed by atoms with Gasteiger partial charge in [0.2, 0.25) is 0 Å². The third-order valence-corrected chi connectivity index (χ3v) is 2.08. The number of urea groups is 1. The summed E-state index contributed by atoms with van der Waals surface area (Å²) in [4.78, 5) is 13.8. The third-order valence-electron chi connectivity index (χ3n) is 2.08. The molecule has 0 aromatic rings. The molecule has 2 amide bonds. The zero-order valence-electron chi connectivity index (χ0n) is 7.27. The third kappa shape index (κ3) is 1.15. The number of aliphatic hydroxyl groups excluding tert-OH is 2. The van der Waals surface area contributed by atoms with Crippen LogP contribution < -0.4 is 0 Å². The van der Waals surface area contributed by atoms with E-state index < -0.39 is 12.5 Å². The van der Waals surface area contributed by atoms with Gasteiger partial charge in [-0.3, -0.25) is 9.80 Å². The van der Waals surface area contributed by atoms with Crippen molar-refractivity contribution in [3.8, 4) is 0 Å². The van der Waals surface area contributed by atoms with E-state index in [4.69, 9.17) is 0 Å². The van der Waals surface area contributed by atoms with Crippen LogP contribution in [0, 0.1) is 0 Å². The summed E-state index contributed by atoms with van der Waals surface area (Å²) < 4.78 is 0. The second kappa shape index (κ2) is 3.28. The molecule has 0 aromatic carbocycles. The van der Waals surface area contributed by atoms with E-state index in [9.17, 15) is 15.0 Å². The van der Waals surface area contributed by atoms with Crippen molar-refractivity contribution in [2.45, 2.75) is 26.3 Å². The smallest absolute Gasteiger partial charge is 0.324 e. The second-order valence-electron chi connectivity index (χ2n) is 2.68. The van der Waals surface area contributed by atoms with E-state index in [2.05, 4.69) is 0 Å². The molecule has 1 fully saturated rings. The van der Waals surface area contributed by atoms with Crippen molar-refractivity contribution in [3.05, 3.63) is 0 Å². The Balaban J connectivity index is 2.78. The summed E-state index contributed by atoms with van der Waals surface area (Å²) in [5.74, 6) is 0. The first kappa shape index (κ1) is 9.28. The molecular weight excluding hydrogens is 160 g/mol. The maximum Gasteiger partial charge on any atom is 0.324 e. The van der Waals surface area contributed by atoms with Crippen molar-refractivity contribution in [1.29, 1.82) is 0 Å². The molecule has 70 valence electrons. The van der Waals surface area contributed by atoms with Gasteiger partial charge in [0, 0.05) is 13.1 Å². The molecule has 5 heteroatoms. The minimum Gasteiger partial charge on any atom is -0.369 e. The molecule has 0 unspecified atom stereocenters. The van der Waals surface area contributed by atoms with Gasteiger partial charge in [0.15, 0.2) is 12.5 Å². The minimum atomic E-state index is -1.08. The Morgan fingerprint density at radius 3 is 1.67 bits per heavy atom. The van der Waals surface area contributed by atoms with Crippen LogP contribution >= 0.6 is 0 Å². The molecule has 0 radical (unpaired) electrons. The Morgan fingerprint density at radius 1 is 1.17 bits per heavy atom. The molecular formula is C7H14N2O3. The Kier molecular flexibility index (Phi) is 2.54. The highest BCUT2D eigenvalue weighted by molar-refractivity contribution is 5.77. The molecule has 5 nitrogen and oxygen atoms in total. The molecule has 0 saturated carbocycles. The summed E-state index contributed by atoms with van der Waals surface area (Å²) in [6, 6.07) is -0.306. The summed E-state index contributed by atoms with van der Waals surface area (Å²) in [6.07, 6.45) is -2.16. The first-order chi connectivity index (χ1) is 5.63. The number of aliphatic hydroxyl groups is 2. The van der Waals surface area contributed by atoms with Gasteiger partial charge >= 0.3 is 6.03 Å². The average molecular weight is 174 g/mol. The lowest BCUT2D eigenvalue weighted by atomic mass is 10.4. The number of rotatable bonds is 2. The molecule has 12 heavy (non-hydrogen) atoms. The Bertz CT molecular complexity index is 167. The topological polar surface area (TPSA) is 64.0 Å². The van der Waals surface area contributed by atoms with Gasteiger partial charge in [-0.2, -0.15) is 0 Å². The maximum absolute atomic E-state index is 11.3. The van der Waals surface area contributed by atoms with Gasteiger partial charge in [-0.25, -0.2) is 4.79 Å².